The molecule has 3 N–H and O–H groups in total. The highest BCUT2D eigenvalue weighted by molar-refractivity contribution is 6.33. The molecular formula is C17H20ClNO4. The number of nitrogens with one attached hydrogen (secondary N) is 1. The maximum Gasteiger partial charge on any atom is 0.335 e. The lowest BCUT2D eigenvalue weighted by Crippen LogP contribution is -2.14. The minimum absolute atomic E-state index is 0.171. The fourth-order valence-corrected chi connectivity index (χ4v) is 2.43. The van der Waals surface area contributed by atoms with E-state index in [1.807, 2.05) is 6.07 Å². The topological polar surface area (TPSA) is 82.7 Å². The van der Waals surface area contributed by atoms with Gasteiger partial charge in [0.2, 0.25) is 0 Å². The second kappa shape index (κ2) is 8.72. The molecule has 1 aromatic carbocycles. The molecule has 0 bridgehead atoms. The van der Waals surface area contributed by atoms with Gasteiger partial charge in [-0.1, -0.05) is 11.6 Å². The number of carbonyl (C=O) groups is 1. The third kappa shape index (κ3) is 5.10. The van der Waals surface area contributed by atoms with Gasteiger partial charge >= 0.3 is 5.97 Å². The third-order valence-corrected chi connectivity index (χ3v) is 3.78. The van der Waals surface area contributed by atoms with E-state index in [-0.39, 0.29) is 12.2 Å². The van der Waals surface area contributed by atoms with Crippen LogP contribution in [-0.4, -0.2) is 29.3 Å². The van der Waals surface area contributed by atoms with E-state index in [0.29, 0.717) is 22.9 Å². The van der Waals surface area contributed by atoms with Crippen molar-refractivity contribution in [1.29, 1.82) is 0 Å². The summed E-state index contributed by atoms with van der Waals surface area (Å²) >= 11 is 6.13. The predicted octanol–water partition coefficient (Wildman–Crippen LogP) is 3.55. The van der Waals surface area contributed by atoms with Crippen LogP contribution in [0.2, 0.25) is 5.02 Å². The van der Waals surface area contributed by atoms with Gasteiger partial charge in [-0.25, -0.2) is 4.79 Å². The van der Waals surface area contributed by atoms with E-state index in [1.165, 1.54) is 12.1 Å². The van der Waals surface area contributed by atoms with Crippen molar-refractivity contribution in [3.8, 4) is 11.3 Å². The summed E-state index contributed by atoms with van der Waals surface area (Å²) in [6.45, 7) is 1.68. The average molecular weight is 338 g/mol. The van der Waals surface area contributed by atoms with Crippen LogP contribution in [0, 0.1) is 0 Å². The Hall–Kier alpha value is -1.82. The van der Waals surface area contributed by atoms with Gasteiger partial charge in [-0.3, -0.25) is 0 Å². The highest BCUT2D eigenvalue weighted by Gasteiger charge is 2.12. The molecule has 6 heteroatoms. The lowest BCUT2D eigenvalue weighted by atomic mass is 10.1. The summed E-state index contributed by atoms with van der Waals surface area (Å²) in [6, 6.07) is 8.17. The number of furan rings is 1. The maximum atomic E-state index is 11.1. The van der Waals surface area contributed by atoms with Gasteiger partial charge in [0.05, 0.1) is 17.1 Å². The van der Waals surface area contributed by atoms with Crippen LogP contribution < -0.4 is 5.32 Å². The van der Waals surface area contributed by atoms with Crippen LogP contribution in [-0.2, 0) is 6.54 Å². The van der Waals surface area contributed by atoms with E-state index in [4.69, 9.17) is 26.2 Å². The number of benzene rings is 1. The Morgan fingerprint density at radius 2 is 2.00 bits per heavy atom. The van der Waals surface area contributed by atoms with Gasteiger partial charge in [-0.2, -0.15) is 0 Å². The van der Waals surface area contributed by atoms with Crippen LogP contribution in [0.25, 0.3) is 11.3 Å². The van der Waals surface area contributed by atoms with Crippen LogP contribution in [0.15, 0.2) is 34.7 Å². The van der Waals surface area contributed by atoms with Crippen molar-refractivity contribution in [2.24, 2.45) is 0 Å². The van der Waals surface area contributed by atoms with E-state index in [0.717, 1.165) is 31.6 Å². The van der Waals surface area contributed by atoms with E-state index in [1.54, 1.807) is 12.1 Å². The molecule has 0 radical (unpaired) electrons. The molecule has 0 atom stereocenters. The molecule has 0 aliphatic rings. The fourth-order valence-electron chi connectivity index (χ4n) is 2.21. The molecule has 0 aliphatic heterocycles. The third-order valence-electron chi connectivity index (χ3n) is 3.45. The van der Waals surface area contributed by atoms with Crippen LogP contribution in [0.5, 0.6) is 0 Å². The molecule has 0 amide bonds. The van der Waals surface area contributed by atoms with Crippen molar-refractivity contribution in [3.63, 3.8) is 0 Å². The predicted molar refractivity (Wildman–Crippen MR) is 88.8 cm³/mol. The number of unbranched alkanes of at least 4 members (excludes halogenated alkanes) is 2. The highest BCUT2D eigenvalue weighted by atomic mass is 35.5. The first-order valence-electron chi connectivity index (χ1n) is 7.55. The van der Waals surface area contributed by atoms with Gasteiger partial charge in [-0.15, -0.1) is 0 Å². The summed E-state index contributed by atoms with van der Waals surface area (Å²) in [6.07, 6.45) is 2.82. The fraction of sp³-hybridized carbons (Fsp3) is 0.353. The molecule has 0 saturated carbocycles. The summed E-state index contributed by atoms with van der Waals surface area (Å²) in [7, 11) is 0. The number of rotatable bonds is 9. The molecule has 0 fully saturated rings. The SMILES string of the molecule is O=C(O)c1ccc(Cl)c(-c2ccc(CNCCCCCO)o2)c1. The summed E-state index contributed by atoms with van der Waals surface area (Å²) in [5.74, 6) is 0.313. The Balaban J connectivity index is 1.96. The van der Waals surface area contributed by atoms with E-state index >= 15 is 0 Å². The van der Waals surface area contributed by atoms with Gasteiger partial charge in [0.1, 0.15) is 11.5 Å². The quantitative estimate of drug-likeness (QED) is 0.609. The minimum atomic E-state index is -1.00. The first kappa shape index (κ1) is 17.5. The second-order valence-corrected chi connectivity index (χ2v) is 5.63. The first-order chi connectivity index (χ1) is 11.1. The first-order valence-corrected chi connectivity index (χ1v) is 7.93. The Labute approximate surface area is 139 Å². The minimum Gasteiger partial charge on any atom is -0.478 e. The smallest absolute Gasteiger partial charge is 0.335 e. The van der Waals surface area contributed by atoms with Gasteiger partial charge in [0.25, 0.3) is 0 Å². The molecule has 2 rings (SSSR count). The summed E-state index contributed by atoms with van der Waals surface area (Å²) < 4.78 is 5.73. The standard InChI is InChI=1S/C17H20ClNO4/c18-15-6-4-12(17(21)22)10-14(15)16-7-5-13(23-16)11-19-8-2-1-3-9-20/h4-7,10,19-20H,1-3,8-9,11H2,(H,21,22). The van der Waals surface area contributed by atoms with Gasteiger partial charge in [0.15, 0.2) is 0 Å². The second-order valence-electron chi connectivity index (χ2n) is 5.23. The van der Waals surface area contributed by atoms with Crippen molar-refractivity contribution in [3.05, 3.63) is 46.7 Å². The number of aliphatic hydroxyl groups is 1. The number of carboxylic acid groups (broad SMARTS) is 1. The molecule has 0 spiro atoms. The molecule has 23 heavy (non-hydrogen) atoms. The zero-order chi connectivity index (χ0) is 16.7. The monoisotopic (exact) mass is 337 g/mol. The molecule has 0 saturated heterocycles. The number of aliphatic hydroxyl groups excluding tert-OH is 1. The average Bonchev–Trinajstić information content (AvgIpc) is 2.99. The van der Waals surface area contributed by atoms with Gasteiger partial charge in [0, 0.05) is 12.2 Å². The summed E-state index contributed by atoms with van der Waals surface area (Å²) in [5, 5.41) is 21.5. The van der Waals surface area contributed by atoms with E-state index in [2.05, 4.69) is 5.32 Å². The van der Waals surface area contributed by atoms with E-state index in [9.17, 15) is 4.79 Å². The Morgan fingerprint density at radius 3 is 2.74 bits per heavy atom. The number of halogens is 1. The lowest BCUT2D eigenvalue weighted by molar-refractivity contribution is 0.0697. The molecule has 124 valence electrons. The summed E-state index contributed by atoms with van der Waals surface area (Å²) in [4.78, 5) is 11.1. The normalized spacial score (nSPS) is 10.9. The Kier molecular flexibility index (Phi) is 6.65. The summed E-state index contributed by atoms with van der Waals surface area (Å²) in [5.41, 5.74) is 0.741. The Morgan fingerprint density at radius 1 is 1.17 bits per heavy atom. The van der Waals surface area contributed by atoms with Crippen molar-refractivity contribution in [2.75, 3.05) is 13.2 Å². The van der Waals surface area contributed by atoms with Crippen molar-refractivity contribution < 1.29 is 19.4 Å². The number of hydrogen-bond donors (Lipinski definition) is 3. The molecular weight excluding hydrogens is 318 g/mol. The lowest BCUT2D eigenvalue weighted by Gasteiger charge is -2.04. The molecule has 1 heterocycles. The van der Waals surface area contributed by atoms with Crippen LogP contribution in [0.4, 0.5) is 0 Å². The van der Waals surface area contributed by atoms with Crippen LogP contribution in [0.1, 0.15) is 35.4 Å². The number of carboxylic acids is 1. The van der Waals surface area contributed by atoms with Crippen LogP contribution in [0.3, 0.4) is 0 Å². The molecule has 0 aliphatic carbocycles. The maximum absolute atomic E-state index is 11.1. The zero-order valence-electron chi connectivity index (χ0n) is 12.7. The van der Waals surface area contributed by atoms with E-state index < -0.39 is 5.97 Å². The molecule has 5 nitrogen and oxygen atoms in total. The molecule has 1 aromatic heterocycles. The molecule has 0 unspecified atom stereocenters. The van der Waals surface area contributed by atoms with Crippen molar-refractivity contribution in [1.82, 2.24) is 5.32 Å². The van der Waals surface area contributed by atoms with Gasteiger partial charge in [-0.05, 0) is 56.1 Å². The number of aromatic carboxylic acids is 1. The highest BCUT2D eigenvalue weighted by Crippen LogP contribution is 2.30. The zero-order valence-corrected chi connectivity index (χ0v) is 13.5. The van der Waals surface area contributed by atoms with Gasteiger partial charge < -0.3 is 19.9 Å². The van der Waals surface area contributed by atoms with Crippen LogP contribution >= 0.6 is 11.6 Å². The largest absolute Gasteiger partial charge is 0.478 e. The van der Waals surface area contributed by atoms with Crippen molar-refractivity contribution in [2.45, 2.75) is 25.8 Å². The van der Waals surface area contributed by atoms with Crippen molar-refractivity contribution >= 4 is 17.6 Å². The number of hydrogen-bond acceptors (Lipinski definition) is 4. The Bertz CT molecular complexity index is 654. The molecule has 2 aromatic rings.